The number of hydrogen-bond donors (Lipinski definition) is 3. The Hall–Kier alpha value is -0.750. The zero-order chi connectivity index (χ0) is 16.3. The lowest BCUT2D eigenvalue weighted by atomic mass is 9.84. The fourth-order valence-corrected chi connectivity index (χ4v) is 3.15. The molecule has 0 saturated carbocycles. The van der Waals surface area contributed by atoms with E-state index >= 15 is 0 Å². The molecule has 0 spiro atoms. The Morgan fingerprint density at radius 3 is 2.29 bits per heavy atom. The summed E-state index contributed by atoms with van der Waals surface area (Å²) in [5, 5.41) is 22.7. The van der Waals surface area contributed by atoms with E-state index in [1.807, 2.05) is 6.92 Å². The van der Waals surface area contributed by atoms with Crippen molar-refractivity contribution < 1.29 is 18.6 Å². The minimum Gasteiger partial charge on any atom is -0.481 e. The molecule has 2 atom stereocenters. The molecule has 0 aliphatic rings. The number of nitrogens with two attached hydrogens (primary N) is 1. The van der Waals surface area contributed by atoms with Crippen molar-refractivity contribution in [2.75, 3.05) is 5.75 Å². The first-order valence-corrected chi connectivity index (χ1v) is 9.56. The Morgan fingerprint density at radius 1 is 1.14 bits per heavy atom. The van der Waals surface area contributed by atoms with Crippen LogP contribution in [0.1, 0.15) is 65.2 Å². The first-order chi connectivity index (χ1) is 9.76. The van der Waals surface area contributed by atoms with Crippen molar-refractivity contribution in [2.24, 2.45) is 17.0 Å². The maximum Gasteiger partial charge on any atom is 0.269 e. The summed E-state index contributed by atoms with van der Waals surface area (Å²) in [5.41, 5.74) is 0. The number of allylic oxidation sites excluding steroid dienone is 1. The van der Waals surface area contributed by atoms with Crippen LogP contribution in [0.5, 0.6) is 0 Å². The average Bonchev–Trinajstić information content (AvgIpc) is 2.38. The highest BCUT2D eigenvalue weighted by Gasteiger charge is 2.18. The van der Waals surface area contributed by atoms with Gasteiger partial charge in [-0.25, -0.2) is 13.6 Å². The predicted molar refractivity (Wildman–Crippen MR) is 86.6 cm³/mol. The van der Waals surface area contributed by atoms with E-state index < -0.39 is 16.0 Å². The van der Waals surface area contributed by atoms with Crippen LogP contribution in [0, 0.1) is 11.8 Å². The van der Waals surface area contributed by atoms with E-state index in [1.54, 1.807) is 0 Å². The van der Waals surface area contributed by atoms with E-state index in [0.717, 1.165) is 19.3 Å². The van der Waals surface area contributed by atoms with E-state index in [-0.39, 0.29) is 17.6 Å². The molecular formula is C15H31NO4S. The Bertz CT molecular complexity index is 388. The van der Waals surface area contributed by atoms with Crippen LogP contribution in [-0.4, -0.2) is 24.4 Å². The molecule has 0 saturated heterocycles. The summed E-state index contributed by atoms with van der Waals surface area (Å²) in [5.74, 6) is -0.242. The van der Waals surface area contributed by atoms with Crippen molar-refractivity contribution in [3.8, 4) is 0 Å². The molecule has 0 radical (unpaired) electrons. The van der Waals surface area contributed by atoms with E-state index in [4.69, 9.17) is 15.4 Å². The minimum absolute atomic E-state index is 0.00815. The second-order valence-corrected chi connectivity index (χ2v) is 7.63. The van der Waals surface area contributed by atoms with Crippen LogP contribution in [0.3, 0.4) is 0 Å². The third kappa shape index (κ3) is 12.7. The number of hydrogen-bond acceptors (Lipinski definition) is 4. The van der Waals surface area contributed by atoms with Crippen LogP contribution in [0.25, 0.3) is 0 Å². The largest absolute Gasteiger partial charge is 0.481 e. The molecule has 4 N–H and O–H groups in total. The molecule has 0 heterocycles. The maximum absolute atomic E-state index is 11.1. The van der Waals surface area contributed by atoms with Gasteiger partial charge >= 0.3 is 0 Å². The molecular weight excluding hydrogens is 290 g/mol. The second-order valence-electron chi connectivity index (χ2n) is 5.89. The average molecular weight is 321 g/mol. The number of primary sulfonamides is 1. The summed E-state index contributed by atoms with van der Waals surface area (Å²) in [6, 6.07) is 0. The summed E-state index contributed by atoms with van der Waals surface area (Å²) in [6.07, 6.45) is 9.28. The molecule has 2 unspecified atom stereocenters. The first kappa shape index (κ1) is 20.2. The monoisotopic (exact) mass is 321 g/mol. The van der Waals surface area contributed by atoms with Crippen molar-refractivity contribution in [3.05, 3.63) is 12.0 Å². The molecule has 0 aromatic heterocycles. The number of unbranched alkanes of at least 4 members (excludes halogenated alkanes) is 4. The molecule has 0 rings (SSSR count). The van der Waals surface area contributed by atoms with Crippen LogP contribution >= 0.6 is 0 Å². The molecule has 0 aliphatic heterocycles. The SMILES string of the molecule is CCCCCCCC(CCS(N)(=O)=O)C(C)CC=C(O)O. The number of aliphatic hydroxyl groups is 2. The van der Waals surface area contributed by atoms with Gasteiger partial charge in [0.25, 0.3) is 5.95 Å². The van der Waals surface area contributed by atoms with Gasteiger partial charge in [-0.3, -0.25) is 0 Å². The number of rotatable bonds is 12. The lowest BCUT2D eigenvalue weighted by Gasteiger charge is -2.22. The van der Waals surface area contributed by atoms with Gasteiger partial charge in [-0.15, -0.1) is 0 Å². The molecule has 21 heavy (non-hydrogen) atoms. The number of aliphatic hydroxyl groups excluding tert-OH is 1. The van der Waals surface area contributed by atoms with E-state index in [0.29, 0.717) is 12.8 Å². The molecule has 5 nitrogen and oxygen atoms in total. The van der Waals surface area contributed by atoms with Gasteiger partial charge in [0.15, 0.2) is 0 Å². The van der Waals surface area contributed by atoms with Crippen molar-refractivity contribution in [2.45, 2.75) is 65.2 Å². The highest BCUT2D eigenvalue weighted by atomic mass is 32.2. The normalized spacial score (nSPS) is 14.6. The summed E-state index contributed by atoms with van der Waals surface area (Å²) in [7, 11) is -3.44. The summed E-state index contributed by atoms with van der Waals surface area (Å²) >= 11 is 0. The molecule has 0 aromatic rings. The van der Waals surface area contributed by atoms with Crippen LogP contribution in [0.15, 0.2) is 12.0 Å². The Kier molecular flexibility index (Phi) is 10.5. The van der Waals surface area contributed by atoms with Gasteiger partial charge in [0, 0.05) is 0 Å². The fourth-order valence-electron chi connectivity index (χ4n) is 2.52. The molecule has 0 aromatic carbocycles. The van der Waals surface area contributed by atoms with Crippen molar-refractivity contribution in [1.82, 2.24) is 0 Å². The van der Waals surface area contributed by atoms with Gasteiger partial charge in [-0.05, 0) is 30.8 Å². The summed E-state index contributed by atoms with van der Waals surface area (Å²) < 4.78 is 22.3. The van der Waals surface area contributed by atoms with E-state index in [1.165, 1.54) is 25.3 Å². The third-order valence-electron chi connectivity index (χ3n) is 3.93. The van der Waals surface area contributed by atoms with Crippen LogP contribution in [-0.2, 0) is 10.0 Å². The zero-order valence-corrected chi connectivity index (χ0v) is 14.1. The van der Waals surface area contributed by atoms with Crippen molar-refractivity contribution >= 4 is 10.0 Å². The van der Waals surface area contributed by atoms with Gasteiger partial charge < -0.3 is 10.2 Å². The quantitative estimate of drug-likeness (QED) is 0.377. The van der Waals surface area contributed by atoms with E-state index in [2.05, 4.69) is 6.92 Å². The standard InChI is InChI=1S/C15H31NO4S/c1-3-4-5-6-7-8-14(11-12-21(16,19)20)13(2)9-10-15(17)18/h10,13-14,17-18H,3-9,11-12H2,1-2H3,(H2,16,19,20). The van der Waals surface area contributed by atoms with Gasteiger partial charge in [0.05, 0.1) is 5.75 Å². The van der Waals surface area contributed by atoms with E-state index in [9.17, 15) is 8.42 Å². The van der Waals surface area contributed by atoms with Crippen molar-refractivity contribution in [3.63, 3.8) is 0 Å². The van der Waals surface area contributed by atoms with Gasteiger partial charge in [-0.1, -0.05) is 52.4 Å². The molecule has 0 fully saturated rings. The summed E-state index contributed by atoms with van der Waals surface area (Å²) in [6.45, 7) is 4.18. The Balaban J connectivity index is 4.35. The molecule has 0 amide bonds. The number of sulfonamides is 1. The third-order valence-corrected chi connectivity index (χ3v) is 4.73. The zero-order valence-electron chi connectivity index (χ0n) is 13.3. The first-order valence-electron chi connectivity index (χ1n) is 7.84. The Labute approximate surface area is 129 Å². The fraction of sp³-hybridized carbons (Fsp3) is 0.867. The van der Waals surface area contributed by atoms with Gasteiger partial charge in [0.1, 0.15) is 0 Å². The molecule has 126 valence electrons. The molecule has 6 heteroatoms. The van der Waals surface area contributed by atoms with Gasteiger partial charge in [0.2, 0.25) is 10.0 Å². The highest BCUT2D eigenvalue weighted by Crippen LogP contribution is 2.26. The minimum atomic E-state index is -3.44. The van der Waals surface area contributed by atoms with Gasteiger partial charge in [-0.2, -0.15) is 0 Å². The predicted octanol–water partition coefficient (Wildman–Crippen LogP) is 3.63. The molecule has 0 bridgehead atoms. The van der Waals surface area contributed by atoms with Crippen LogP contribution in [0.4, 0.5) is 0 Å². The topological polar surface area (TPSA) is 101 Å². The highest BCUT2D eigenvalue weighted by molar-refractivity contribution is 7.89. The van der Waals surface area contributed by atoms with Crippen molar-refractivity contribution in [1.29, 1.82) is 0 Å². The second kappa shape index (κ2) is 10.9. The van der Waals surface area contributed by atoms with Crippen LogP contribution in [0.2, 0.25) is 0 Å². The summed E-state index contributed by atoms with van der Waals surface area (Å²) in [4.78, 5) is 0. The lowest BCUT2D eigenvalue weighted by Crippen LogP contribution is -2.21. The maximum atomic E-state index is 11.1. The van der Waals surface area contributed by atoms with Crippen LogP contribution < -0.4 is 5.14 Å². The lowest BCUT2D eigenvalue weighted by molar-refractivity contribution is 0.186. The Morgan fingerprint density at radius 2 is 1.76 bits per heavy atom. The smallest absolute Gasteiger partial charge is 0.269 e. The molecule has 0 aliphatic carbocycles.